The molecule has 2 atom stereocenters. The second-order valence-corrected chi connectivity index (χ2v) is 7.40. The summed E-state index contributed by atoms with van der Waals surface area (Å²) in [5.41, 5.74) is 5.30. The van der Waals surface area contributed by atoms with Crippen LogP contribution in [-0.4, -0.2) is 45.7 Å². The van der Waals surface area contributed by atoms with Gasteiger partial charge >= 0.3 is 0 Å². The summed E-state index contributed by atoms with van der Waals surface area (Å²) in [6.07, 6.45) is 0.102. The minimum absolute atomic E-state index is 0.0637. The molecule has 1 aliphatic carbocycles. The third kappa shape index (κ3) is 2.86. The van der Waals surface area contributed by atoms with Crippen LogP contribution in [0.5, 0.6) is 0 Å². The van der Waals surface area contributed by atoms with Gasteiger partial charge in [0.2, 0.25) is 0 Å². The number of fused-ring (bicyclic) bond motifs is 2. The highest BCUT2D eigenvalue weighted by Crippen LogP contribution is 2.36. The number of rotatable bonds is 3. The van der Waals surface area contributed by atoms with Crippen LogP contribution in [0, 0.1) is 6.92 Å². The molecule has 0 fully saturated rings. The van der Waals surface area contributed by atoms with Crippen molar-refractivity contribution in [2.75, 3.05) is 19.4 Å². The van der Waals surface area contributed by atoms with Gasteiger partial charge in [-0.25, -0.2) is 4.98 Å². The fraction of sp³-hybridized carbons (Fsp3) is 0.333. The first-order valence-electron chi connectivity index (χ1n) is 9.08. The number of anilines is 1. The first-order chi connectivity index (χ1) is 12.9. The molecule has 6 nitrogen and oxygen atoms in total. The molecule has 0 aliphatic heterocycles. The number of hydrogen-bond donors (Lipinski definition) is 2. The van der Waals surface area contributed by atoms with E-state index in [-0.39, 0.29) is 11.9 Å². The molecule has 0 saturated heterocycles. The Bertz CT molecular complexity index is 1040. The van der Waals surface area contributed by atoms with E-state index in [1.165, 1.54) is 0 Å². The van der Waals surface area contributed by atoms with E-state index >= 15 is 0 Å². The Morgan fingerprint density at radius 1 is 1.30 bits per heavy atom. The van der Waals surface area contributed by atoms with Crippen molar-refractivity contribution in [3.05, 3.63) is 58.9 Å². The SMILES string of the molecule is Cc1nc2c(NC3c4ccccc4CC3O)cc(C(=O)N(C)C)cc2n1C. The van der Waals surface area contributed by atoms with Gasteiger partial charge in [0.1, 0.15) is 11.3 Å². The summed E-state index contributed by atoms with van der Waals surface area (Å²) < 4.78 is 1.98. The van der Waals surface area contributed by atoms with Crippen molar-refractivity contribution in [2.24, 2.45) is 7.05 Å². The number of hydrogen-bond acceptors (Lipinski definition) is 4. The normalized spacial score (nSPS) is 18.6. The van der Waals surface area contributed by atoms with Crippen molar-refractivity contribution in [2.45, 2.75) is 25.5 Å². The van der Waals surface area contributed by atoms with Crippen LogP contribution in [0.25, 0.3) is 11.0 Å². The lowest BCUT2D eigenvalue weighted by Crippen LogP contribution is -2.23. The van der Waals surface area contributed by atoms with E-state index in [4.69, 9.17) is 0 Å². The fourth-order valence-electron chi connectivity index (χ4n) is 3.81. The van der Waals surface area contributed by atoms with E-state index in [1.54, 1.807) is 19.0 Å². The van der Waals surface area contributed by atoms with E-state index in [9.17, 15) is 9.90 Å². The first kappa shape index (κ1) is 17.5. The molecule has 0 saturated carbocycles. The second kappa shape index (κ2) is 6.39. The van der Waals surface area contributed by atoms with Gasteiger partial charge in [0.15, 0.2) is 0 Å². The zero-order chi connectivity index (χ0) is 19.3. The maximum absolute atomic E-state index is 12.6. The van der Waals surface area contributed by atoms with E-state index in [0.29, 0.717) is 12.0 Å². The number of carbonyl (C=O) groups excluding carboxylic acids is 1. The Labute approximate surface area is 158 Å². The molecule has 4 rings (SSSR count). The zero-order valence-corrected chi connectivity index (χ0v) is 16.0. The van der Waals surface area contributed by atoms with Crippen LogP contribution in [-0.2, 0) is 13.5 Å². The van der Waals surface area contributed by atoms with E-state index in [2.05, 4.69) is 10.3 Å². The maximum atomic E-state index is 12.6. The molecule has 2 N–H and O–H groups in total. The monoisotopic (exact) mass is 364 g/mol. The van der Waals surface area contributed by atoms with Crippen LogP contribution < -0.4 is 5.32 Å². The molecule has 1 aliphatic rings. The number of nitrogens with one attached hydrogen (secondary N) is 1. The standard InChI is InChI=1S/C21H24N4O2/c1-12-22-20-16(9-14(21(27)24(2)3)10-17(20)25(12)4)23-19-15-8-6-5-7-13(15)11-18(19)26/h5-10,18-19,23,26H,11H2,1-4H3. The van der Waals surface area contributed by atoms with Crippen LogP contribution in [0.1, 0.15) is 33.4 Å². The van der Waals surface area contributed by atoms with Gasteiger partial charge in [-0.15, -0.1) is 0 Å². The largest absolute Gasteiger partial charge is 0.390 e. The van der Waals surface area contributed by atoms with Crippen molar-refractivity contribution >= 4 is 22.6 Å². The zero-order valence-electron chi connectivity index (χ0n) is 16.0. The van der Waals surface area contributed by atoms with Crippen molar-refractivity contribution < 1.29 is 9.90 Å². The number of aliphatic hydroxyl groups excluding tert-OH is 1. The van der Waals surface area contributed by atoms with Crippen LogP contribution >= 0.6 is 0 Å². The molecule has 27 heavy (non-hydrogen) atoms. The van der Waals surface area contributed by atoms with Gasteiger partial charge in [-0.05, 0) is 30.2 Å². The minimum atomic E-state index is -0.518. The third-order valence-corrected chi connectivity index (χ3v) is 5.38. The molecule has 1 heterocycles. The average Bonchev–Trinajstić information content (AvgIpc) is 3.11. The molecule has 0 bridgehead atoms. The summed E-state index contributed by atoms with van der Waals surface area (Å²) in [6.45, 7) is 1.94. The minimum Gasteiger partial charge on any atom is -0.390 e. The van der Waals surface area contributed by atoms with Gasteiger partial charge in [-0.3, -0.25) is 4.79 Å². The lowest BCUT2D eigenvalue weighted by molar-refractivity contribution is 0.0828. The lowest BCUT2D eigenvalue weighted by Gasteiger charge is -2.20. The van der Waals surface area contributed by atoms with Crippen LogP contribution in [0.15, 0.2) is 36.4 Å². The number of benzene rings is 2. The van der Waals surface area contributed by atoms with Crippen molar-refractivity contribution in [3.8, 4) is 0 Å². The first-order valence-corrected chi connectivity index (χ1v) is 9.08. The number of imidazole rings is 1. The van der Waals surface area contributed by atoms with Crippen LogP contribution in [0.2, 0.25) is 0 Å². The predicted octanol–water partition coefficient (Wildman–Crippen LogP) is 2.65. The number of nitrogens with zero attached hydrogens (tertiary/aromatic N) is 3. The number of aryl methyl sites for hydroxylation is 2. The van der Waals surface area contributed by atoms with Crippen molar-refractivity contribution in [1.82, 2.24) is 14.5 Å². The Morgan fingerprint density at radius 3 is 2.78 bits per heavy atom. The summed E-state index contributed by atoms with van der Waals surface area (Å²) in [6, 6.07) is 11.6. The lowest BCUT2D eigenvalue weighted by atomic mass is 10.1. The summed E-state index contributed by atoms with van der Waals surface area (Å²) in [4.78, 5) is 18.8. The highest BCUT2D eigenvalue weighted by molar-refractivity contribution is 6.01. The Kier molecular flexibility index (Phi) is 4.15. The molecule has 1 amide bonds. The van der Waals surface area contributed by atoms with Gasteiger partial charge in [0.25, 0.3) is 5.91 Å². The van der Waals surface area contributed by atoms with Crippen LogP contribution in [0.3, 0.4) is 0 Å². The number of aliphatic hydroxyl groups is 1. The van der Waals surface area contributed by atoms with Gasteiger partial charge in [0.05, 0.1) is 23.3 Å². The predicted molar refractivity (Wildman–Crippen MR) is 106 cm³/mol. The molecule has 0 radical (unpaired) electrons. The molecule has 1 aromatic heterocycles. The molecule has 140 valence electrons. The van der Waals surface area contributed by atoms with E-state index in [0.717, 1.165) is 33.7 Å². The third-order valence-electron chi connectivity index (χ3n) is 5.38. The highest BCUT2D eigenvalue weighted by Gasteiger charge is 2.31. The molecular formula is C21H24N4O2. The maximum Gasteiger partial charge on any atom is 0.253 e. The molecular weight excluding hydrogens is 340 g/mol. The van der Waals surface area contributed by atoms with Gasteiger partial charge in [-0.2, -0.15) is 0 Å². The van der Waals surface area contributed by atoms with Gasteiger partial charge < -0.3 is 19.9 Å². The summed E-state index contributed by atoms with van der Waals surface area (Å²) in [5.74, 6) is 0.807. The second-order valence-electron chi connectivity index (χ2n) is 7.40. The number of carbonyl (C=O) groups is 1. The van der Waals surface area contributed by atoms with E-state index < -0.39 is 6.10 Å². The Hall–Kier alpha value is -2.86. The van der Waals surface area contributed by atoms with Crippen molar-refractivity contribution in [1.29, 1.82) is 0 Å². The fourth-order valence-corrected chi connectivity index (χ4v) is 3.81. The van der Waals surface area contributed by atoms with Gasteiger partial charge in [0, 0.05) is 33.1 Å². The topological polar surface area (TPSA) is 70.4 Å². The number of aromatic nitrogens is 2. The molecule has 3 aromatic rings. The summed E-state index contributed by atoms with van der Waals surface area (Å²) in [7, 11) is 5.42. The molecule has 2 aromatic carbocycles. The molecule has 6 heteroatoms. The molecule has 0 spiro atoms. The quantitative estimate of drug-likeness (QED) is 0.750. The Morgan fingerprint density at radius 2 is 2.04 bits per heavy atom. The average molecular weight is 364 g/mol. The number of amides is 1. The van der Waals surface area contributed by atoms with Crippen LogP contribution in [0.4, 0.5) is 5.69 Å². The Balaban J connectivity index is 1.83. The van der Waals surface area contributed by atoms with Crippen molar-refractivity contribution in [3.63, 3.8) is 0 Å². The summed E-state index contributed by atoms with van der Waals surface area (Å²) in [5, 5.41) is 14.1. The smallest absolute Gasteiger partial charge is 0.253 e. The van der Waals surface area contributed by atoms with E-state index in [1.807, 2.05) is 54.9 Å². The molecule has 2 unspecified atom stereocenters. The summed E-state index contributed by atoms with van der Waals surface area (Å²) >= 11 is 0. The highest BCUT2D eigenvalue weighted by atomic mass is 16.3. The van der Waals surface area contributed by atoms with Gasteiger partial charge in [-0.1, -0.05) is 24.3 Å².